The molecule has 5 aromatic carbocycles. The molecule has 0 fully saturated rings. The Kier molecular flexibility index (Phi) is 8.56. The maximum atomic E-state index is 12.3. The van der Waals surface area contributed by atoms with Gasteiger partial charge < -0.3 is 0 Å². The molecule has 51 heavy (non-hydrogen) atoms. The number of thiophene rings is 1. The predicted octanol–water partition coefficient (Wildman–Crippen LogP) is 10.4. The van der Waals surface area contributed by atoms with Crippen LogP contribution in [0.1, 0.15) is 16.7 Å². The molecule has 0 amide bonds. The topological polar surface area (TPSA) is 77.7 Å². The van der Waals surface area contributed by atoms with E-state index in [1.54, 1.807) is 18.2 Å². The number of hydrogen-bond donors (Lipinski definition) is 0. The molecule has 0 unspecified atom stereocenters. The summed E-state index contributed by atoms with van der Waals surface area (Å²) in [5, 5.41) is 7.20. The van der Waals surface area contributed by atoms with Crippen LogP contribution in [-0.4, -0.2) is 34.4 Å². The van der Waals surface area contributed by atoms with E-state index < -0.39 is 15.4 Å². The van der Waals surface area contributed by atoms with Gasteiger partial charge in [-0.25, -0.2) is 18.4 Å². The first-order valence-electron chi connectivity index (χ1n) is 16.0. The van der Waals surface area contributed by atoms with Crippen molar-refractivity contribution in [1.82, 2.24) is 19.7 Å². The fourth-order valence-corrected chi connectivity index (χ4v) is 9.08. The molecular weight excluding hydrogens is 716 g/mol. The van der Waals surface area contributed by atoms with Gasteiger partial charge in [0.1, 0.15) is 21.8 Å². The zero-order valence-electron chi connectivity index (χ0n) is 27.1. The lowest BCUT2D eigenvalue weighted by Gasteiger charge is -2.36. The van der Waals surface area contributed by atoms with Crippen LogP contribution >= 0.6 is 34.5 Å². The minimum atomic E-state index is -3.38. The van der Waals surface area contributed by atoms with E-state index in [0.717, 1.165) is 49.2 Å². The highest BCUT2D eigenvalue weighted by molar-refractivity contribution is 7.92. The Labute approximate surface area is 309 Å². The third-order valence-electron chi connectivity index (χ3n) is 8.95. The van der Waals surface area contributed by atoms with Crippen molar-refractivity contribution >= 4 is 55.3 Å². The average Bonchev–Trinajstić information content (AvgIpc) is 3.82. The maximum Gasteiger partial charge on any atom is 0.184 e. The minimum Gasteiger partial charge on any atom is -0.252 e. The summed E-state index contributed by atoms with van der Waals surface area (Å²) in [6.45, 7) is 0. The van der Waals surface area contributed by atoms with Gasteiger partial charge in [-0.2, -0.15) is 5.10 Å². The van der Waals surface area contributed by atoms with E-state index >= 15 is 0 Å². The molecule has 0 saturated carbocycles. The van der Waals surface area contributed by atoms with Crippen LogP contribution in [0.25, 0.3) is 43.9 Å². The van der Waals surface area contributed by atoms with Crippen LogP contribution in [0.5, 0.6) is 0 Å². The summed E-state index contributed by atoms with van der Waals surface area (Å²) in [5.74, 6) is 0. The second kappa shape index (κ2) is 13.2. The van der Waals surface area contributed by atoms with Gasteiger partial charge in [-0.05, 0) is 64.7 Å². The highest BCUT2D eigenvalue weighted by atomic mass is 35.5. The lowest BCUT2D eigenvalue weighted by molar-refractivity contribution is 0.461. The first kappa shape index (κ1) is 33.0. The second-order valence-electron chi connectivity index (χ2n) is 12.1. The van der Waals surface area contributed by atoms with Crippen molar-refractivity contribution in [3.63, 3.8) is 0 Å². The Hall–Kier alpha value is -5.12. The molecule has 3 heterocycles. The van der Waals surface area contributed by atoms with E-state index in [1.807, 2.05) is 89.6 Å². The summed E-state index contributed by atoms with van der Waals surface area (Å²) in [6, 6.07) is 45.9. The third-order valence-corrected chi connectivity index (χ3v) is 12.4. The lowest BCUT2D eigenvalue weighted by Crippen LogP contribution is -2.38. The highest BCUT2D eigenvalue weighted by Gasteiger charge is 2.40. The molecule has 0 aliphatic heterocycles. The number of rotatable bonds is 8. The standard InChI is InChI=1S/C41H28Cl2N4O2S2/c1-51(48,49)38-22-21-37(50-38)40-33-23-27(17-20-36(33)44-26-45-40)34-25-47(46-39(34)32-19-18-31(42)24-35(32)43)41(28-11-5-2-6-12-28,29-13-7-3-8-14-29)30-15-9-4-10-16-30/h2-26H,1H3. The van der Waals surface area contributed by atoms with Crippen LogP contribution in [-0.2, 0) is 15.4 Å². The summed E-state index contributed by atoms with van der Waals surface area (Å²) in [4.78, 5) is 9.90. The van der Waals surface area contributed by atoms with Gasteiger partial charge in [-0.3, -0.25) is 4.68 Å². The summed E-state index contributed by atoms with van der Waals surface area (Å²) in [6.07, 6.45) is 4.78. The van der Waals surface area contributed by atoms with E-state index in [1.165, 1.54) is 23.9 Å². The lowest BCUT2D eigenvalue weighted by atomic mass is 9.77. The fourth-order valence-electron chi connectivity index (χ4n) is 6.64. The van der Waals surface area contributed by atoms with Gasteiger partial charge in [0.15, 0.2) is 9.84 Å². The zero-order valence-corrected chi connectivity index (χ0v) is 30.3. The molecule has 3 aromatic heterocycles. The molecule has 6 nitrogen and oxygen atoms in total. The molecule has 8 aromatic rings. The summed E-state index contributed by atoms with van der Waals surface area (Å²) >= 11 is 14.5. The van der Waals surface area contributed by atoms with E-state index in [0.29, 0.717) is 21.4 Å². The summed E-state index contributed by atoms with van der Waals surface area (Å²) in [7, 11) is -3.38. The van der Waals surface area contributed by atoms with Crippen molar-refractivity contribution in [2.75, 3.05) is 6.26 Å². The Bertz CT molecular complexity index is 2550. The van der Waals surface area contributed by atoms with E-state index in [9.17, 15) is 8.42 Å². The number of sulfone groups is 1. The number of halogens is 2. The number of nitrogens with zero attached hydrogens (tertiary/aromatic N) is 4. The second-order valence-corrected chi connectivity index (χ2v) is 16.3. The highest BCUT2D eigenvalue weighted by Crippen LogP contribution is 2.45. The molecule has 10 heteroatoms. The predicted molar refractivity (Wildman–Crippen MR) is 207 cm³/mol. The molecule has 0 radical (unpaired) electrons. The van der Waals surface area contributed by atoms with Crippen LogP contribution < -0.4 is 0 Å². The van der Waals surface area contributed by atoms with E-state index in [2.05, 4.69) is 52.6 Å². The van der Waals surface area contributed by atoms with Crippen molar-refractivity contribution < 1.29 is 8.42 Å². The molecule has 0 spiro atoms. The summed E-state index contributed by atoms with van der Waals surface area (Å²) < 4.78 is 27.0. The average molecular weight is 744 g/mol. The molecule has 0 N–H and O–H groups in total. The van der Waals surface area contributed by atoms with Crippen molar-refractivity contribution in [2.45, 2.75) is 9.75 Å². The first-order valence-corrected chi connectivity index (χ1v) is 19.5. The van der Waals surface area contributed by atoms with Gasteiger partial charge in [0.2, 0.25) is 0 Å². The first-order chi connectivity index (χ1) is 24.7. The van der Waals surface area contributed by atoms with Crippen molar-refractivity contribution in [3.05, 3.63) is 179 Å². The van der Waals surface area contributed by atoms with Crippen LogP contribution in [0.4, 0.5) is 0 Å². The molecule has 0 saturated heterocycles. The number of aromatic nitrogens is 4. The number of fused-ring (bicyclic) bond motifs is 1. The van der Waals surface area contributed by atoms with E-state index in [-0.39, 0.29) is 4.21 Å². The van der Waals surface area contributed by atoms with Crippen LogP contribution in [0.15, 0.2) is 156 Å². The number of benzene rings is 5. The quantitative estimate of drug-likeness (QED) is 0.145. The largest absolute Gasteiger partial charge is 0.252 e. The van der Waals surface area contributed by atoms with Crippen LogP contribution in [0.3, 0.4) is 0 Å². The van der Waals surface area contributed by atoms with Gasteiger partial charge in [-0.15, -0.1) is 11.3 Å². The Morgan fingerprint density at radius 2 is 1.29 bits per heavy atom. The Morgan fingerprint density at radius 1 is 0.667 bits per heavy atom. The SMILES string of the molecule is CS(=O)(=O)c1ccc(-c2ncnc3ccc(-c4cn(C(c5ccccc5)(c5ccccc5)c5ccccc5)nc4-c4ccc(Cl)cc4Cl)cc23)s1. The van der Waals surface area contributed by atoms with Gasteiger partial charge in [0, 0.05) is 34.0 Å². The maximum absolute atomic E-state index is 12.3. The molecule has 250 valence electrons. The molecule has 0 bridgehead atoms. The van der Waals surface area contributed by atoms with Crippen LogP contribution in [0, 0.1) is 0 Å². The molecule has 0 atom stereocenters. The Morgan fingerprint density at radius 3 is 1.86 bits per heavy atom. The zero-order chi connectivity index (χ0) is 35.2. The third kappa shape index (κ3) is 5.94. The van der Waals surface area contributed by atoms with Crippen molar-refractivity contribution in [3.8, 4) is 33.0 Å². The smallest absolute Gasteiger partial charge is 0.184 e. The molecule has 0 aliphatic rings. The van der Waals surface area contributed by atoms with Gasteiger partial charge >= 0.3 is 0 Å². The van der Waals surface area contributed by atoms with Gasteiger partial charge in [0.25, 0.3) is 0 Å². The molecular formula is C41H28Cl2N4O2S2. The molecule has 8 rings (SSSR count). The van der Waals surface area contributed by atoms with Crippen molar-refractivity contribution in [2.24, 2.45) is 0 Å². The summed E-state index contributed by atoms with van der Waals surface area (Å²) in [5.41, 5.74) is 6.64. The van der Waals surface area contributed by atoms with Crippen molar-refractivity contribution in [1.29, 1.82) is 0 Å². The molecule has 0 aliphatic carbocycles. The normalized spacial score (nSPS) is 12.0. The number of hydrogen-bond acceptors (Lipinski definition) is 6. The van der Waals surface area contributed by atoms with Gasteiger partial charge in [-0.1, -0.05) is 120 Å². The minimum absolute atomic E-state index is 0.278. The van der Waals surface area contributed by atoms with E-state index in [4.69, 9.17) is 28.3 Å². The van der Waals surface area contributed by atoms with Gasteiger partial charge in [0.05, 0.1) is 21.1 Å². The van der Waals surface area contributed by atoms with Crippen LogP contribution in [0.2, 0.25) is 10.0 Å². The fraction of sp³-hybridized carbons (Fsp3) is 0.0488. The monoisotopic (exact) mass is 742 g/mol. The Balaban J connectivity index is 1.43.